The lowest BCUT2D eigenvalue weighted by atomic mass is 10.1. The van der Waals surface area contributed by atoms with E-state index in [1.807, 2.05) is 20.8 Å². The van der Waals surface area contributed by atoms with Gasteiger partial charge >= 0.3 is 0 Å². The molecule has 0 radical (unpaired) electrons. The first-order valence-electron chi connectivity index (χ1n) is 7.03. The van der Waals surface area contributed by atoms with Crippen LogP contribution in [0.5, 0.6) is 0 Å². The fraction of sp³-hybridized carbons (Fsp3) is 0.312. The molecule has 116 valence electrons. The summed E-state index contributed by atoms with van der Waals surface area (Å²) in [5.74, 6) is 0.438. The minimum absolute atomic E-state index is 0.165. The first-order valence-corrected chi connectivity index (χ1v) is 7.03. The summed E-state index contributed by atoms with van der Waals surface area (Å²) in [6.45, 7) is 5.84. The number of aromatic nitrogens is 2. The first-order chi connectivity index (χ1) is 10.4. The van der Waals surface area contributed by atoms with Crippen molar-refractivity contribution in [3.05, 3.63) is 53.2 Å². The van der Waals surface area contributed by atoms with Gasteiger partial charge in [-0.25, -0.2) is 14.4 Å². The number of aryl methyl sites for hydroxylation is 1. The lowest BCUT2D eigenvalue weighted by molar-refractivity contribution is -0.118. The van der Waals surface area contributed by atoms with Gasteiger partial charge in [-0.2, -0.15) is 0 Å². The average Bonchev–Trinajstić information content (AvgIpc) is 2.45. The van der Waals surface area contributed by atoms with E-state index >= 15 is 0 Å². The Hall–Kier alpha value is -2.50. The molecular formula is C16H19FN4O. The van der Waals surface area contributed by atoms with Crippen LogP contribution in [-0.2, 0) is 4.79 Å². The Bertz CT molecular complexity index is 670. The zero-order chi connectivity index (χ0) is 16.3. The third-order valence-corrected chi connectivity index (χ3v) is 3.17. The molecule has 22 heavy (non-hydrogen) atoms. The number of nitrogens with two attached hydrogens (primary N) is 1. The number of nitrogens with one attached hydrogen (secondary N) is 1. The smallest absolute Gasteiger partial charge is 0.244 e. The van der Waals surface area contributed by atoms with Gasteiger partial charge < -0.3 is 11.1 Å². The van der Waals surface area contributed by atoms with Gasteiger partial charge in [0, 0.05) is 17.7 Å². The van der Waals surface area contributed by atoms with E-state index in [1.54, 1.807) is 6.07 Å². The molecule has 1 heterocycles. The number of amides is 1. The van der Waals surface area contributed by atoms with Crippen LogP contribution in [0.4, 0.5) is 10.2 Å². The zero-order valence-corrected chi connectivity index (χ0v) is 12.8. The molecule has 2 aromatic rings. The van der Waals surface area contributed by atoms with Crippen LogP contribution in [0.3, 0.4) is 0 Å². The van der Waals surface area contributed by atoms with Crippen LogP contribution in [0.25, 0.3) is 0 Å². The SMILES string of the molecule is Cc1cc(NC(C(N)=O)c2ccc(F)cc2)nc(C(C)C)n1. The van der Waals surface area contributed by atoms with Crippen molar-refractivity contribution in [3.8, 4) is 0 Å². The summed E-state index contributed by atoms with van der Waals surface area (Å²) in [4.78, 5) is 20.5. The Morgan fingerprint density at radius 2 is 1.86 bits per heavy atom. The van der Waals surface area contributed by atoms with Gasteiger partial charge in [-0.1, -0.05) is 26.0 Å². The van der Waals surface area contributed by atoms with Crippen molar-refractivity contribution in [2.75, 3.05) is 5.32 Å². The molecule has 0 aliphatic heterocycles. The van der Waals surface area contributed by atoms with Crippen LogP contribution in [0.1, 0.15) is 42.9 Å². The molecule has 2 rings (SSSR count). The minimum Gasteiger partial charge on any atom is -0.368 e. The Morgan fingerprint density at radius 1 is 1.23 bits per heavy atom. The number of carbonyl (C=O) groups is 1. The fourth-order valence-electron chi connectivity index (χ4n) is 2.05. The molecule has 1 aromatic heterocycles. The molecule has 6 heteroatoms. The summed E-state index contributed by atoms with van der Waals surface area (Å²) in [6, 6.07) is 6.58. The molecule has 1 unspecified atom stereocenters. The van der Waals surface area contributed by atoms with Crippen LogP contribution in [-0.4, -0.2) is 15.9 Å². The molecule has 0 saturated heterocycles. The quantitative estimate of drug-likeness (QED) is 0.889. The number of anilines is 1. The number of benzene rings is 1. The third kappa shape index (κ3) is 3.78. The van der Waals surface area contributed by atoms with Crippen molar-refractivity contribution in [2.45, 2.75) is 32.7 Å². The molecule has 1 amide bonds. The predicted octanol–water partition coefficient (Wildman–Crippen LogP) is 2.69. The van der Waals surface area contributed by atoms with Crippen molar-refractivity contribution in [1.82, 2.24) is 9.97 Å². The molecule has 0 fully saturated rings. The second-order valence-corrected chi connectivity index (χ2v) is 5.44. The molecule has 0 saturated carbocycles. The summed E-state index contributed by atoms with van der Waals surface area (Å²) in [5, 5.41) is 3.00. The van der Waals surface area contributed by atoms with E-state index < -0.39 is 11.9 Å². The van der Waals surface area contributed by atoms with Crippen molar-refractivity contribution >= 4 is 11.7 Å². The molecule has 5 nitrogen and oxygen atoms in total. The lowest BCUT2D eigenvalue weighted by Gasteiger charge is -2.17. The minimum atomic E-state index is -0.782. The maximum absolute atomic E-state index is 13.0. The predicted molar refractivity (Wildman–Crippen MR) is 82.8 cm³/mol. The molecule has 0 spiro atoms. The normalized spacial score (nSPS) is 12.2. The van der Waals surface area contributed by atoms with Gasteiger partial charge in [0.25, 0.3) is 0 Å². The van der Waals surface area contributed by atoms with Crippen molar-refractivity contribution in [3.63, 3.8) is 0 Å². The number of primary amides is 1. The van der Waals surface area contributed by atoms with Crippen LogP contribution in [0, 0.1) is 12.7 Å². The number of nitrogens with zero attached hydrogens (tertiary/aromatic N) is 2. The van der Waals surface area contributed by atoms with E-state index in [0.717, 1.165) is 5.69 Å². The summed E-state index contributed by atoms with van der Waals surface area (Å²) in [6.07, 6.45) is 0. The van der Waals surface area contributed by atoms with E-state index in [0.29, 0.717) is 17.2 Å². The molecule has 0 aliphatic rings. The maximum Gasteiger partial charge on any atom is 0.244 e. The zero-order valence-electron chi connectivity index (χ0n) is 12.8. The van der Waals surface area contributed by atoms with Crippen molar-refractivity contribution < 1.29 is 9.18 Å². The van der Waals surface area contributed by atoms with Gasteiger partial charge in [-0.05, 0) is 24.6 Å². The summed E-state index contributed by atoms with van der Waals surface area (Å²) in [5.41, 5.74) is 6.83. The van der Waals surface area contributed by atoms with Gasteiger partial charge in [0.05, 0.1) is 0 Å². The maximum atomic E-state index is 13.0. The first kappa shape index (κ1) is 15.9. The van der Waals surface area contributed by atoms with Gasteiger partial charge in [0.2, 0.25) is 5.91 Å². The second kappa shape index (κ2) is 6.51. The highest BCUT2D eigenvalue weighted by Crippen LogP contribution is 2.20. The number of hydrogen-bond acceptors (Lipinski definition) is 4. The summed E-state index contributed by atoms with van der Waals surface area (Å²) >= 11 is 0. The van der Waals surface area contributed by atoms with Gasteiger partial charge in [0.1, 0.15) is 23.5 Å². The Labute approximate surface area is 128 Å². The number of halogens is 1. The molecule has 0 bridgehead atoms. The van der Waals surface area contributed by atoms with Gasteiger partial charge in [-0.15, -0.1) is 0 Å². The van der Waals surface area contributed by atoms with E-state index in [1.165, 1.54) is 24.3 Å². The molecule has 3 N–H and O–H groups in total. The van der Waals surface area contributed by atoms with E-state index in [4.69, 9.17) is 5.73 Å². The highest BCUT2D eigenvalue weighted by Gasteiger charge is 2.19. The average molecular weight is 302 g/mol. The molecule has 1 atom stereocenters. The number of rotatable bonds is 5. The summed E-state index contributed by atoms with van der Waals surface area (Å²) < 4.78 is 13.0. The highest BCUT2D eigenvalue weighted by atomic mass is 19.1. The monoisotopic (exact) mass is 302 g/mol. The second-order valence-electron chi connectivity index (χ2n) is 5.44. The Morgan fingerprint density at radius 3 is 2.41 bits per heavy atom. The largest absolute Gasteiger partial charge is 0.368 e. The van der Waals surface area contributed by atoms with Crippen molar-refractivity contribution in [2.24, 2.45) is 5.73 Å². The van der Waals surface area contributed by atoms with E-state index in [2.05, 4.69) is 15.3 Å². The van der Waals surface area contributed by atoms with E-state index in [9.17, 15) is 9.18 Å². The van der Waals surface area contributed by atoms with Crippen LogP contribution in [0.2, 0.25) is 0 Å². The van der Waals surface area contributed by atoms with Gasteiger partial charge in [-0.3, -0.25) is 4.79 Å². The van der Waals surface area contributed by atoms with Gasteiger partial charge in [0.15, 0.2) is 0 Å². The number of hydrogen-bond donors (Lipinski definition) is 2. The molecule has 0 aliphatic carbocycles. The fourth-order valence-corrected chi connectivity index (χ4v) is 2.05. The standard InChI is InChI=1S/C16H19FN4O/c1-9(2)16-19-10(3)8-13(21-16)20-14(15(18)22)11-4-6-12(17)7-5-11/h4-9,14H,1-3H3,(H2,18,22)(H,19,20,21). The Kier molecular flexibility index (Phi) is 4.70. The van der Waals surface area contributed by atoms with Crippen LogP contribution in [0.15, 0.2) is 30.3 Å². The van der Waals surface area contributed by atoms with Crippen LogP contribution < -0.4 is 11.1 Å². The van der Waals surface area contributed by atoms with Crippen LogP contribution >= 0.6 is 0 Å². The molecular weight excluding hydrogens is 283 g/mol. The highest BCUT2D eigenvalue weighted by molar-refractivity contribution is 5.84. The summed E-state index contributed by atoms with van der Waals surface area (Å²) in [7, 11) is 0. The number of carbonyl (C=O) groups excluding carboxylic acids is 1. The Balaban J connectivity index is 2.32. The van der Waals surface area contributed by atoms with E-state index in [-0.39, 0.29) is 11.7 Å². The third-order valence-electron chi connectivity index (χ3n) is 3.17. The molecule has 1 aromatic carbocycles. The topological polar surface area (TPSA) is 80.9 Å². The lowest BCUT2D eigenvalue weighted by Crippen LogP contribution is -2.28. The van der Waals surface area contributed by atoms with Crippen molar-refractivity contribution in [1.29, 1.82) is 0 Å².